The van der Waals surface area contributed by atoms with Gasteiger partial charge in [-0.05, 0) is 26.3 Å². The largest absolute Gasteiger partial charge is 0.491 e. The van der Waals surface area contributed by atoms with Gasteiger partial charge in [-0.2, -0.15) is 0 Å². The number of ether oxygens (including phenoxy) is 1. The van der Waals surface area contributed by atoms with Crippen LogP contribution in [0.2, 0.25) is 0 Å². The smallest absolute Gasteiger partial charge is 0.264 e. The predicted octanol–water partition coefficient (Wildman–Crippen LogP) is 3.63. The second kappa shape index (κ2) is 7.20. The van der Waals surface area contributed by atoms with Crippen molar-refractivity contribution in [3.05, 3.63) is 63.7 Å². The Balaban J connectivity index is 2.12. The maximum atomic E-state index is 13.2. The van der Waals surface area contributed by atoms with E-state index < -0.39 is 0 Å². The highest BCUT2D eigenvalue weighted by Gasteiger charge is 2.20. The van der Waals surface area contributed by atoms with Gasteiger partial charge < -0.3 is 13.9 Å². The van der Waals surface area contributed by atoms with Crippen LogP contribution < -0.4 is 10.3 Å². The van der Waals surface area contributed by atoms with Crippen LogP contribution in [0.1, 0.15) is 35.1 Å². The minimum atomic E-state index is -0.181. The lowest BCUT2D eigenvalue weighted by Gasteiger charge is -2.11. The van der Waals surface area contributed by atoms with Crippen LogP contribution in [-0.2, 0) is 13.6 Å². The Hall–Kier alpha value is -2.82. The first-order valence-corrected chi connectivity index (χ1v) is 8.86. The molecule has 0 fully saturated rings. The van der Waals surface area contributed by atoms with Crippen molar-refractivity contribution in [3.63, 3.8) is 0 Å². The molecule has 0 aliphatic heterocycles. The van der Waals surface area contributed by atoms with Gasteiger partial charge in [-0.1, -0.05) is 37.3 Å². The number of rotatable bonds is 6. The summed E-state index contributed by atoms with van der Waals surface area (Å²) in [5.41, 5.74) is 2.93. The first-order valence-electron chi connectivity index (χ1n) is 8.86. The number of carbonyl (C=O) groups is 1. The Labute approximate surface area is 152 Å². The molecule has 0 amide bonds. The minimum Gasteiger partial charge on any atom is -0.491 e. The Morgan fingerprint density at radius 1 is 1.15 bits per heavy atom. The van der Waals surface area contributed by atoms with Crippen LogP contribution in [-0.4, -0.2) is 21.5 Å². The van der Waals surface area contributed by atoms with Gasteiger partial charge in [0.15, 0.2) is 11.5 Å². The average Bonchev–Trinajstić information content (AvgIpc) is 2.88. The molecule has 0 saturated carbocycles. The normalized spacial score (nSPS) is 11.1. The Bertz CT molecular complexity index is 1010. The molecular formula is C21H24N2O3. The quantitative estimate of drug-likeness (QED) is 0.637. The van der Waals surface area contributed by atoms with Gasteiger partial charge in [0.1, 0.15) is 5.39 Å². The predicted molar refractivity (Wildman–Crippen MR) is 103 cm³/mol. The summed E-state index contributed by atoms with van der Waals surface area (Å²) in [7, 11) is 1.93. The summed E-state index contributed by atoms with van der Waals surface area (Å²) in [4.78, 5) is 25.8. The van der Waals surface area contributed by atoms with Gasteiger partial charge in [0.25, 0.3) is 5.56 Å². The van der Waals surface area contributed by atoms with Gasteiger partial charge in [-0.3, -0.25) is 9.59 Å². The summed E-state index contributed by atoms with van der Waals surface area (Å²) < 4.78 is 9.37. The lowest BCUT2D eigenvalue weighted by atomic mass is 10.1. The van der Waals surface area contributed by atoms with Crippen LogP contribution in [0.25, 0.3) is 10.9 Å². The van der Waals surface area contributed by atoms with Crippen LogP contribution in [0.5, 0.6) is 5.75 Å². The van der Waals surface area contributed by atoms with Crippen molar-refractivity contribution in [3.8, 4) is 5.75 Å². The van der Waals surface area contributed by atoms with Crippen LogP contribution >= 0.6 is 0 Å². The molecule has 0 spiro atoms. The number of aryl methyl sites for hydroxylation is 2. The molecular weight excluding hydrogens is 328 g/mol. The van der Waals surface area contributed by atoms with Crippen molar-refractivity contribution in [1.29, 1.82) is 0 Å². The number of pyridine rings is 1. The van der Waals surface area contributed by atoms with Crippen molar-refractivity contribution >= 4 is 16.7 Å². The third-order valence-corrected chi connectivity index (χ3v) is 4.75. The molecule has 2 heterocycles. The molecule has 0 radical (unpaired) electrons. The van der Waals surface area contributed by atoms with Gasteiger partial charge in [0, 0.05) is 18.3 Å². The molecule has 0 aliphatic rings. The standard InChI is InChI=1S/C21H24N2O3/c1-5-11-26-20-15(3)22(4)17-12-14(2)23(21(25)19(17)20)13-18(24)16-9-7-6-8-10-16/h6-10,12H,5,11,13H2,1-4H3. The molecule has 2 aromatic heterocycles. The van der Waals surface area contributed by atoms with E-state index in [1.165, 1.54) is 4.57 Å². The number of nitrogens with zero attached hydrogens (tertiary/aromatic N) is 2. The summed E-state index contributed by atoms with van der Waals surface area (Å²) in [5, 5.41) is 0.546. The number of benzene rings is 1. The highest BCUT2D eigenvalue weighted by Crippen LogP contribution is 2.30. The van der Waals surface area contributed by atoms with E-state index in [9.17, 15) is 9.59 Å². The summed E-state index contributed by atoms with van der Waals surface area (Å²) in [6, 6.07) is 11.0. The number of hydrogen-bond acceptors (Lipinski definition) is 3. The highest BCUT2D eigenvalue weighted by atomic mass is 16.5. The van der Waals surface area contributed by atoms with E-state index in [1.54, 1.807) is 12.1 Å². The third kappa shape index (κ3) is 3.05. The lowest BCUT2D eigenvalue weighted by Crippen LogP contribution is -2.26. The van der Waals surface area contributed by atoms with Gasteiger partial charge in [-0.15, -0.1) is 0 Å². The van der Waals surface area contributed by atoms with Crippen LogP contribution in [0, 0.1) is 13.8 Å². The lowest BCUT2D eigenvalue weighted by molar-refractivity contribution is 0.0970. The number of carbonyl (C=O) groups excluding carboxylic acids is 1. The second-order valence-corrected chi connectivity index (χ2v) is 6.55. The molecule has 5 heteroatoms. The molecule has 136 valence electrons. The van der Waals surface area contributed by atoms with E-state index in [4.69, 9.17) is 4.74 Å². The zero-order chi connectivity index (χ0) is 18.8. The van der Waals surface area contributed by atoms with E-state index in [2.05, 4.69) is 0 Å². The fraction of sp³-hybridized carbons (Fsp3) is 0.333. The molecule has 0 atom stereocenters. The summed E-state index contributed by atoms with van der Waals surface area (Å²) in [6.07, 6.45) is 0.863. The Morgan fingerprint density at radius 2 is 1.85 bits per heavy atom. The topological polar surface area (TPSA) is 53.2 Å². The molecule has 0 saturated heterocycles. The van der Waals surface area contributed by atoms with Crippen molar-refractivity contribution in [2.45, 2.75) is 33.7 Å². The molecule has 26 heavy (non-hydrogen) atoms. The highest BCUT2D eigenvalue weighted by molar-refractivity contribution is 5.96. The summed E-state index contributed by atoms with van der Waals surface area (Å²) in [6.45, 7) is 6.40. The Morgan fingerprint density at radius 3 is 2.50 bits per heavy atom. The molecule has 1 aromatic carbocycles. The summed E-state index contributed by atoms with van der Waals surface area (Å²) >= 11 is 0. The number of aromatic nitrogens is 2. The number of ketones is 1. The first kappa shape index (κ1) is 18.0. The molecule has 0 N–H and O–H groups in total. The van der Waals surface area contributed by atoms with Crippen molar-refractivity contribution in [1.82, 2.24) is 9.13 Å². The van der Waals surface area contributed by atoms with E-state index >= 15 is 0 Å². The Kier molecular flexibility index (Phi) is 4.98. The van der Waals surface area contributed by atoms with Gasteiger partial charge in [-0.25, -0.2) is 0 Å². The zero-order valence-electron chi connectivity index (χ0n) is 15.7. The van der Waals surface area contributed by atoms with Crippen molar-refractivity contribution in [2.75, 3.05) is 6.61 Å². The van der Waals surface area contributed by atoms with E-state index in [1.807, 2.05) is 56.7 Å². The van der Waals surface area contributed by atoms with E-state index in [-0.39, 0.29) is 17.9 Å². The fourth-order valence-corrected chi connectivity index (χ4v) is 3.18. The number of hydrogen-bond donors (Lipinski definition) is 0. The number of Topliss-reactive ketones (excluding diaryl/α,β-unsaturated/α-hetero) is 1. The SMILES string of the molecule is CCCOc1c(C)n(C)c2cc(C)n(CC(=O)c3ccccc3)c(=O)c12. The fourth-order valence-electron chi connectivity index (χ4n) is 3.18. The van der Waals surface area contributed by atoms with Crippen molar-refractivity contribution < 1.29 is 9.53 Å². The van der Waals surface area contributed by atoms with Crippen LogP contribution in [0.3, 0.4) is 0 Å². The first-order chi connectivity index (χ1) is 12.5. The second-order valence-electron chi connectivity index (χ2n) is 6.55. The van der Waals surface area contributed by atoms with Crippen LogP contribution in [0.4, 0.5) is 0 Å². The van der Waals surface area contributed by atoms with Gasteiger partial charge >= 0.3 is 0 Å². The van der Waals surface area contributed by atoms with Crippen LogP contribution in [0.15, 0.2) is 41.2 Å². The molecule has 5 nitrogen and oxygen atoms in total. The van der Waals surface area contributed by atoms with E-state index in [0.717, 1.165) is 23.3 Å². The minimum absolute atomic E-state index is 0.0196. The van der Waals surface area contributed by atoms with Gasteiger partial charge in [0.2, 0.25) is 0 Å². The molecule has 0 unspecified atom stereocenters. The van der Waals surface area contributed by atoms with Crippen molar-refractivity contribution in [2.24, 2.45) is 7.05 Å². The molecule has 3 rings (SSSR count). The maximum absolute atomic E-state index is 13.2. The van der Waals surface area contributed by atoms with Gasteiger partial charge in [0.05, 0.1) is 24.4 Å². The monoisotopic (exact) mass is 352 g/mol. The third-order valence-electron chi connectivity index (χ3n) is 4.75. The molecule has 3 aromatic rings. The maximum Gasteiger partial charge on any atom is 0.264 e. The average molecular weight is 352 g/mol. The molecule has 0 aliphatic carbocycles. The number of fused-ring (bicyclic) bond motifs is 1. The molecule has 0 bridgehead atoms. The zero-order valence-corrected chi connectivity index (χ0v) is 15.7. The van der Waals surface area contributed by atoms with E-state index in [0.29, 0.717) is 23.3 Å². The summed E-state index contributed by atoms with van der Waals surface area (Å²) in [5.74, 6) is 0.536.